The van der Waals surface area contributed by atoms with E-state index in [1.807, 2.05) is 35.7 Å². The predicted molar refractivity (Wildman–Crippen MR) is 79.7 cm³/mol. The predicted octanol–water partition coefficient (Wildman–Crippen LogP) is 2.96. The zero-order chi connectivity index (χ0) is 13.9. The number of aromatic nitrogens is 2. The van der Waals surface area contributed by atoms with Crippen LogP contribution in [0.2, 0.25) is 0 Å². The number of carbonyl (C=O) groups excluding carboxylic acids is 1. The summed E-state index contributed by atoms with van der Waals surface area (Å²) in [4.78, 5) is 22.5. The van der Waals surface area contributed by atoms with Crippen molar-refractivity contribution in [3.8, 4) is 0 Å². The molecule has 0 unspecified atom stereocenters. The van der Waals surface area contributed by atoms with E-state index >= 15 is 0 Å². The Balaban J connectivity index is 1.84. The molecule has 0 aliphatic rings. The van der Waals surface area contributed by atoms with Gasteiger partial charge in [0.1, 0.15) is 5.01 Å². The average molecular weight is 283 g/mol. The summed E-state index contributed by atoms with van der Waals surface area (Å²) in [5, 5.41) is 3.82. The highest BCUT2D eigenvalue weighted by Gasteiger charge is 2.13. The van der Waals surface area contributed by atoms with Gasteiger partial charge in [0.2, 0.25) is 0 Å². The molecule has 0 radical (unpaired) electrons. The fourth-order valence-electron chi connectivity index (χ4n) is 2.03. The lowest BCUT2D eigenvalue weighted by Crippen LogP contribution is -2.26. The molecular formula is C15H13N3OS. The molecule has 100 valence electrons. The second-order valence-electron chi connectivity index (χ2n) is 4.50. The van der Waals surface area contributed by atoms with Crippen molar-refractivity contribution < 1.29 is 4.79 Å². The molecule has 20 heavy (non-hydrogen) atoms. The fraction of sp³-hybridized carbons (Fsp3) is 0.133. The number of carbonyl (C=O) groups is 1. The first-order valence-electron chi connectivity index (χ1n) is 6.22. The summed E-state index contributed by atoms with van der Waals surface area (Å²) < 4.78 is 0. The molecule has 0 spiro atoms. The van der Waals surface area contributed by atoms with E-state index in [9.17, 15) is 4.79 Å². The highest BCUT2D eigenvalue weighted by Crippen LogP contribution is 2.16. The summed E-state index contributed by atoms with van der Waals surface area (Å²) in [6, 6.07) is 9.40. The molecule has 5 heteroatoms. The molecule has 0 saturated heterocycles. The number of nitrogens with zero attached hydrogens (tertiary/aromatic N) is 3. The Hall–Kier alpha value is -2.27. The minimum Gasteiger partial charge on any atom is -0.335 e. The van der Waals surface area contributed by atoms with Gasteiger partial charge in [-0.15, -0.1) is 11.3 Å². The number of hydrogen-bond acceptors (Lipinski definition) is 4. The molecule has 0 N–H and O–H groups in total. The number of amides is 1. The molecule has 1 aromatic carbocycles. The van der Waals surface area contributed by atoms with Gasteiger partial charge in [0.25, 0.3) is 5.91 Å². The van der Waals surface area contributed by atoms with Crippen molar-refractivity contribution in [3.05, 3.63) is 58.7 Å². The maximum absolute atomic E-state index is 12.4. The maximum Gasteiger partial charge on any atom is 0.253 e. The van der Waals surface area contributed by atoms with Crippen LogP contribution in [0.5, 0.6) is 0 Å². The van der Waals surface area contributed by atoms with E-state index in [1.165, 1.54) is 0 Å². The largest absolute Gasteiger partial charge is 0.335 e. The van der Waals surface area contributed by atoms with Crippen LogP contribution in [0.3, 0.4) is 0 Å². The summed E-state index contributed by atoms with van der Waals surface area (Å²) in [5.41, 5.74) is 1.57. The Labute approximate surface area is 120 Å². The zero-order valence-electron chi connectivity index (χ0n) is 11.0. The molecule has 0 aliphatic heterocycles. The molecule has 0 saturated carbocycles. The van der Waals surface area contributed by atoms with E-state index in [-0.39, 0.29) is 5.91 Å². The Morgan fingerprint density at radius 3 is 2.95 bits per heavy atom. The molecule has 1 amide bonds. The van der Waals surface area contributed by atoms with Gasteiger partial charge in [0.05, 0.1) is 12.1 Å². The molecule has 0 atom stereocenters. The molecular weight excluding hydrogens is 270 g/mol. The summed E-state index contributed by atoms with van der Waals surface area (Å²) >= 11 is 1.55. The Morgan fingerprint density at radius 1 is 1.25 bits per heavy atom. The number of fused-ring (bicyclic) bond motifs is 1. The molecule has 0 fully saturated rings. The third kappa shape index (κ3) is 2.53. The average Bonchev–Trinajstić information content (AvgIpc) is 2.99. The lowest BCUT2D eigenvalue weighted by Gasteiger charge is -2.15. The zero-order valence-corrected chi connectivity index (χ0v) is 11.8. The van der Waals surface area contributed by atoms with Crippen LogP contribution in [0.4, 0.5) is 0 Å². The standard InChI is InChI=1S/C15H13N3OS/c1-18(10-14-17-7-8-20-14)15(19)12-4-5-13-11(9-12)3-2-6-16-13/h2-9H,10H2,1H3. The number of pyridine rings is 1. The van der Waals surface area contributed by atoms with Crippen molar-refractivity contribution in [1.29, 1.82) is 0 Å². The lowest BCUT2D eigenvalue weighted by atomic mass is 10.1. The van der Waals surface area contributed by atoms with Gasteiger partial charge in [0.15, 0.2) is 0 Å². The van der Waals surface area contributed by atoms with E-state index in [0.29, 0.717) is 12.1 Å². The van der Waals surface area contributed by atoms with Crippen LogP contribution in [-0.2, 0) is 6.54 Å². The lowest BCUT2D eigenvalue weighted by molar-refractivity contribution is 0.0785. The van der Waals surface area contributed by atoms with Crippen molar-refractivity contribution >= 4 is 28.1 Å². The smallest absolute Gasteiger partial charge is 0.253 e. The maximum atomic E-state index is 12.4. The Kier molecular flexibility index (Phi) is 3.43. The van der Waals surface area contributed by atoms with Crippen LogP contribution in [0.1, 0.15) is 15.4 Å². The van der Waals surface area contributed by atoms with Crippen LogP contribution in [0.15, 0.2) is 48.1 Å². The number of thiazole rings is 1. The van der Waals surface area contributed by atoms with Gasteiger partial charge in [0, 0.05) is 35.8 Å². The monoisotopic (exact) mass is 283 g/mol. The van der Waals surface area contributed by atoms with Crippen molar-refractivity contribution in [2.24, 2.45) is 0 Å². The van der Waals surface area contributed by atoms with Gasteiger partial charge in [-0.3, -0.25) is 9.78 Å². The minimum absolute atomic E-state index is 0.00838. The molecule has 4 nitrogen and oxygen atoms in total. The van der Waals surface area contributed by atoms with Gasteiger partial charge in [-0.05, 0) is 24.3 Å². The summed E-state index contributed by atoms with van der Waals surface area (Å²) in [5.74, 6) is -0.00838. The van der Waals surface area contributed by atoms with E-state index in [2.05, 4.69) is 9.97 Å². The van der Waals surface area contributed by atoms with Crippen LogP contribution in [-0.4, -0.2) is 27.8 Å². The highest BCUT2D eigenvalue weighted by molar-refractivity contribution is 7.09. The van der Waals surface area contributed by atoms with E-state index in [1.54, 1.807) is 35.7 Å². The van der Waals surface area contributed by atoms with Crippen molar-refractivity contribution in [2.45, 2.75) is 6.54 Å². The van der Waals surface area contributed by atoms with Crippen molar-refractivity contribution in [3.63, 3.8) is 0 Å². The van der Waals surface area contributed by atoms with Gasteiger partial charge < -0.3 is 4.90 Å². The molecule has 0 bridgehead atoms. The second kappa shape index (κ2) is 5.38. The number of benzene rings is 1. The molecule has 2 heterocycles. The minimum atomic E-state index is -0.00838. The van der Waals surface area contributed by atoms with Crippen LogP contribution < -0.4 is 0 Å². The first-order chi connectivity index (χ1) is 9.74. The summed E-state index contributed by atoms with van der Waals surface area (Å²) in [6.45, 7) is 0.529. The normalized spacial score (nSPS) is 10.7. The summed E-state index contributed by atoms with van der Waals surface area (Å²) in [6.07, 6.45) is 3.50. The highest BCUT2D eigenvalue weighted by atomic mass is 32.1. The van der Waals surface area contributed by atoms with Gasteiger partial charge in [-0.2, -0.15) is 0 Å². The SMILES string of the molecule is CN(Cc1nccs1)C(=O)c1ccc2ncccc2c1. The van der Waals surface area contributed by atoms with E-state index in [0.717, 1.165) is 15.9 Å². The molecule has 0 aliphatic carbocycles. The Morgan fingerprint density at radius 2 is 2.15 bits per heavy atom. The van der Waals surface area contributed by atoms with Crippen molar-refractivity contribution in [1.82, 2.24) is 14.9 Å². The fourth-order valence-corrected chi connectivity index (χ4v) is 2.70. The van der Waals surface area contributed by atoms with Crippen LogP contribution >= 0.6 is 11.3 Å². The van der Waals surface area contributed by atoms with Gasteiger partial charge in [-0.25, -0.2) is 4.98 Å². The third-order valence-corrected chi connectivity index (χ3v) is 3.82. The topological polar surface area (TPSA) is 46.1 Å². The van der Waals surface area contributed by atoms with Gasteiger partial charge in [-0.1, -0.05) is 6.07 Å². The van der Waals surface area contributed by atoms with Crippen molar-refractivity contribution in [2.75, 3.05) is 7.05 Å². The second-order valence-corrected chi connectivity index (χ2v) is 5.48. The number of rotatable bonds is 3. The first-order valence-corrected chi connectivity index (χ1v) is 7.10. The van der Waals surface area contributed by atoms with E-state index < -0.39 is 0 Å². The quantitative estimate of drug-likeness (QED) is 0.742. The molecule has 3 rings (SSSR count). The van der Waals surface area contributed by atoms with E-state index in [4.69, 9.17) is 0 Å². The third-order valence-electron chi connectivity index (χ3n) is 3.05. The molecule has 3 aromatic rings. The Bertz CT molecular complexity index is 740. The summed E-state index contributed by atoms with van der Waals surface area (Å²) in [7, 11) is 1.79. The first kappa shape index (κ1) is 12.7. The van der Waals surface area contributed by atoms with Gasteiger partial charge >= 0.3 is 0 Å². The van der Waals surface area contributed by atoms with Crippen LogP contribution in [0.25, 0.3) is 10.9 Å². The molecule has 2 aromatic heterocycles. The number of hydrogen-bond donors (Lipinski definition) is 0. The van der Waals surface area contributed by atoms with Crippen LogP contribution in [0, 0.1) is 0 Å².